The fraction of sp³-hybridized carbons (Fsp3) is 0.565. The third kappa shape index (κ3) is 5.98. The Hall–Kier alpha value is -2.52. The third-order valence-electron chi connectivity index (χ3n) is 6.14. The molecule has 2 rings (SSSR count). The number of rotatable bonds is 13. The number of carbonyl (C=O) groups excluding carboxylic acids is 2. The Bertz CT molecular complexity index is 1270. The van der Waals surface area contributed by atoms with Gasteiger partial charge in [0.1, 0.15) is 10.6 Å². The highest BCUT2D eigenvalue weighted by atomic mass is 32.2. The van der Waals surface area contributed by atoms with Crippen molar-refractivity contribution in [2.24, 2.45) is 0 Å². The summed E-state index contributed by atoms with van der Waals surface area (Å²) < 4.78 is 61.1. The Morgan fingerprint density at radius 2 is 1.57 bits per heavy atom. The van der Waals surface area contributed by atoms with E-state index in [2.05, 4.69) is 5.32 Å². The minimum absolute atomic E-state index is 0.0269. The number of benzene rings is 1. The van der Waals surface area contributed by atoms with E-state index in [1.807, 2.05) is 0 Å². The number of methoxy groups -OCH3 is 1. The minimum atomic E-state index is -4.22. The van der Waals surface area contributed by atoms with Gasteiger partial charge in [0.2, 0.25) is 20.0 Å². The number of β-amino-alcohol motifs (C(OH)–C–C–N with tert-alkyl or cyclic N) is 1. The number of nitrogens with zero attached hydrogens (tertiary/aromatic N) is 3. The average Bonchev–Trinajstić information content (AvgIpc) is 3.15. The molecule has 0 aromatic heterocycles. The number of aliphatic hydroxyl groups excluding tert-OH is 1. The molecule has 208 valence electrons. The first-order valence-corrected chi connectivity index (χ1v) is 14.9. The van der Waals surface area contributed by atoms with Crippen molar-refractivity contribution in [3.63, 3.8) is 0 Å². The fourth-order valence-electron chi connectivity index (χ4n) is 4.12. The number of ether oxygens (including phenoxy) is 1. The molecule has 0 aliphatic carbocycles. The smallest absolute Gasteiger partial charge is 0.337 e. The first kappa shape index (κ1) is 30.7. The SMILES string of the molecule is CCN(CC)S(=O)(=O)c1cc(C)c(NC2=C(C(=O)OC)CN(CCO)C2=O)c(S(=O)(=O)N(CC)CC)c1. The zero-order valence-corrected chi connectivity index (χ0v) is 23.7. The van der Waals surface area contributed by atoms with Gasteiger partial charge in [0.15, 0.2) is 0 Å². The molecule has 0 atom stereocenters. The Morgan fingerprint density at radius 3 is 2.05 bits per heavy atom. The van der Waals surface area contributed by atoms with Gasteiger partial charge < -0.3 is 20.1 Å². The van der Waals surface area contributed by atoms with Gasteiger partial charge in [-0.05, 0) is 24.6 Å². The number of aryl methyl sites for hydroxylation is 1. The van der Waals surface area contributed by atoms with Crippen molar-refractivity contribution in [1.82, 2.24) is 13.5 Å². The quantitative estimate of drug-likeness (QED) is 0.332. The summed E-state index contributed by atoms with van der Waals surface area (Å²) in [7, 11) is -7.08. The lowest BCUT2D eigenvalue weighted by atomic mass is 10.1. The normalized spacial score (nSPS) is 14.7. The largest absolute Gasteiger partial charge is 0.466 e. The number of hydrogen-bond acceptors (Lipinski definition) is 9. The Morgan fingerprint density at radius 1 is 1.03 bits per heavy atom. The van der Waals surface area contributed by atoms with Gasteiger partial charge in [-0.25, -0.2) is 21.6 Å². The Kier molecular flexibility index (Phi) is 10.2. The van der Waals surface area contributed by atoms with Gasteiger partial charge in [0, 0.05) is 32.7 Å². The minimum Gasteiger partial charge on any atom is -0.466 e. The van der Waals surface area contributed by atoms with Crippen LogP contribution in [0, 0.1) is 6.92 Å². The molecule has 12 nitrogen and oxygen atoms in total. The summed E-state index contributed by atoms with van der Waals surface area (Å²) in [6.07, 6.45) is 0. The third-order valence-corrected chi connectivity index (χ3v) is 10.2. The maximum atomic E-state index is 13.7. The molecule has 0 saturated carbocycles. The van der Waals surface area contributed by atoms with Crippen LogP contribution >= 0.6 is 0 Å². The van der Waals surface area contributed by atoms with Gasteiger partial charge in [0.05, 0.1) is 36.4 Å². The molecule has 1 aliphatic heterocycles. The van der Waals surface area contributed by atoms with Gasteiger partial charge in [-0.2, -0.15) is 8.61 Å². The number of hydrogen-bond donors (Lipinski definition) is 2. The maximum absolute atomic E-state index is 13.7. The van der Waals surface area contributed by atoms with E-state index in [0.717, 1.165) is 13.2 Å². The molecule has 0 spiro atoms. The zero-order chi connectivity index (χ0) is 28.1. The summed E-state index contributed by atoms with van der Waals surface area (Å²) in [5.41, 5.74) is -0.0183. The van der Waals surface area contributed by atoms with Gasteiger partial charge in [-0.1, -0.05) is 27.7 Å². The van der Waals surface area contributed by atoms with E-state index in [-0.39, 0.29) is 78.2 Å². The summed E-state index contributed by atoms with van der Waals surface area (Å²) in [6, 6.07) is 2.42. The van der Waals surface area contributed by atoms with Crippen molar-refractivity contribution in [2.75, 3.05) is 58.3 Å². The van der Waals surface area contributed by atoms with Crippen LogP contribution in [0.2, 0.25) is 0 Å². The van der Waals surface area contributed by atoms with Crippen LogP contribution in [-0.4, -0.2) is 100 Å². The van der Waals surface area contributed by atoms with E-state index in [1.165, 1.54) is 26.5 Å². The zero-order valence-electron chi connectivity index (χ0n) is 22.1. The number of amides is 1. The van der Waals surface area contributed by atoms with Crippen molar-refractivity contribution < 1.29 is 36.3 Å². The first-order chi connectivity index (χ1) is 17.3. The molecular formula is C23H36N4O8S2. The highest BCUT2D eigenvalue weighted by Crippen LogP contribution is 2.35. The van der Waals surface area contributed by atoms with E-state index in [1.54, 1.807) is 27.7 Å². The van der Waals surface area contributed by atoms with Crippen LogP contribution in [-0.2, 0) is 34.4 Å². The van der Waals surface area contributed by atoms with Crippen LogP contribution < -0.4 is 5.32 Å². The second-order valence-electron chi connectivity index (χ2n) is 8.21. The molecule has 0 fully saturated rings. The molecule has 1 aromatic rings. The summed E-state index contributed by atoms with van der Waals surface area (Å²) in [5, 5.41) is 12.1. The van der Waals surface area contributed by atoms with Crippen LogP contribution in [0.1, 0.15) is 33.3 Å². The molecule has 14 heteroatoms. The molecule has 37 heavy (non-hydrogen) atoms. The fourth-order valence-corrected chi connectivity index (χ4v) is 7.47. The monoisotopic (exact) mass is 560 g/mol. The van der Waals surface area contributed by atoms with Crippen LogP contribution in [0.5, 0.6) is 0 Å². The summed E-state index contributed by atoms with van der Waals surface area (Å²) in [6.45, 7) is 8.32. The molecule has 0 saturated heterocycles. The average molecular weight is 561 g/mol. The second kappa shape index (κ2) is 12.3. The lowest BCUT2D eigenvalue weighted by Gasteiger charge is -2.25. The molecule has 2 N–H and O–H groups in total. The number of aliphatic hydroxyl groups is 1. The van der Waals surface area contributed by atoms with Gasteiger partial charge >= 0.3 is 5.97 Å². The van der Waals surface area contributed by atoms with Crippen molar-refractivity contribution >= 4 is 37.6 Å². The lowest BCUT2D eigenvalue weighted by molar-refractivity contribution is -0.136. The van der Waals surface area contributed by atoms with E-state index in [9.17, 15) is 31.5 Å². The molecule has 1 aliphatic rings. The predicted octanol–water partition coefficient (Wildman–Crippen LogP) is 0.730. The molecule has 1 aromatic carbocycles. The van der Waals surface area contributed by atoms with E-state index in [4.69, 9.17) is 4.74 Å². The number of anilines is 1. The Balaban J connectivity index is 2.84. The predicted molar refractivity (Wildman–Crippen MR) is 138 cm³/mol. The van der Waals surface area contributed by atoms with Crippen LogP contribution in [0.25, 0.3) is 0 Å². The number of esters is 1. The first-order valence-electron chi connectivity index (χ1n) is 12.0. The van der Waals surface area contributed by atoms with Gasteiger partial charge in [-0.15, -0.1) is 0 Å². The molecule has 1 heterocycles. The van der Waals surface area contributed by atoms with Gasteiger partial charge in [-0.3, -0.25) is 4.79 Å². The topological polar surface area (TPSA) is 154 Å². The van der Waals surface area contributed by atoms with Gasteiger partial charge in [0.25, 0.3) is 5.91 Å². The number of sulfonamides is 2. The highest BCUT2D eigenvalue weighted by molar-refractivity contribution is 7.90. The number of carbonyl (C=O) groups is 2. The Labute approximate surface area is 219 Å². The van der Waals surface area contributed by atoms with E-state index >= 15 is 0 Å². The maximum Gasteiger partial charge on any atom is 0.337 e. The molecule has 0 unspecified atom stereocenters. The molecule has 0 bridgehead atoms. The summed E-state index contributed by atoms with van der Waals surface area (Å²) >= 11 is 0. The van der Waals surface area contributed by atoms with Crippen LogP contribution in [0.3, 0.4) is 0 Å². The standard InChI is InChI=1S/C23H36N4O8S2/c1-7-26(8-2)36(31,32)17-13-16(5)20(19(14-17)37(33,34)27(9-3)10-4)24-21-18(23(30)35-6)15-25(11-12-28)22(21)29/h13-14,24,28H,7-12,15H2,1-6H3. The van der Waals surface area contributed by atoms with Crippen LogP contribution in [0.4, 0.5) is 5.69 Å². The second-order valence-corrected chi connectivity index (χ2v) is 12.1. The molecular weight excluding hydrogens is 524 g/mol. The van der Waals surface area contributed by atoms with Crippen molar-refractivity contribution in [1.29, 1.82) is 0 Å². The van der Waals surface area contributed by atoms with E-state index in [0.29, 0.717) is 0 Å². The highest BCUT2D eigenvalue weighted by Gasteiger charge is 2.37. The summed E-state index contributed by atoms with van der Waals surface area (Å²) in [4.78, 5) is 26.2. The molecule has 1 amide bonds. The lowest BCUT2D eigenvalue weighted by Crippen LogP contribution is -2.33. The summed E-state index contributed by atoms with van der Waals surface area (Å²) in [5.74, 6) is -1.41. The molecule has 0 radical (unpaired) electrons. The van der Waals surface area contributed by atoms with Crippen LogP contribution in [0.15, 0.2) is 33.2 Å². The van der Waals surface area contributed by atoms with Crippen molar-refractivity contribution in [3.8, 4) is 0 Å². The van der Waals surface area contributed by atoms with E-state index < -0.39 is 31.9 Å². The van der Waals surface area contributed by atoms with Crippen molar-refractivity contribution in [3.05, 3.63) is 29.0 Å². The number of nitrogens with one attached hydrogen (secondary N) is 1. The van der Waals surface area contributed by atoms with Crippen molar-refractivity contribution in [2.45, 2.75) is 44.4 Å².